The molecule has 0 unspecified atom stereocenters. The van der Waals surface area contributed by atoms with Crippen molar-refractivity contribution in [1.29, 1.82) is 0 Å². The maximum atomic E-state index is 11.1. The minimum Gasteiger partial charge on any atom is -0.481 e. The van der Waals surface area contributed by atoms with E-state index in [1.807, 2.05) is 6.21 Å². The first-order chi connectivity index (χ1) is 12.6. The summed E-state index contributed by atoms with van der Waals surface area (Å²) in [5.41, 5.74) is 6.75. The lowest BCUT2D eigenvalue weighted by atomic mass is 9.88. The Bertz CT molecular complexity index is 755. The van der Waals surface area contributed by atoms with Crippen LogP contribution in [-0.2, 0) is 4.79 Å². The van der Waals surface area contributed by atoms with E-state index in [2.05, 4.69) is 58.5 Å². The van der Waals surface area contributed by atoms with Gasteiger partial charge in [0, 0.05) is 18.7 Å². The Balaban J connectivity index is 1.48. The second-order valence-electron chi connectivity index (χ2n) is 6.81. The summed E-state index contributed by atoms with van der Waals surface area (Å²) in [6.45, 7) is 4.31. The molecule has 0 spiro atoms. The van der Waals surface area contributed by atoms with Crippen LogP contribution in [-0.4, -0.2) is 36.9 Å². The van der Waals surface area contributed by atoms with Gasteiger partial charge < -0.3 is 15.8 Å². The topological polar surface area (TPSA) is 73.7 Å². The SMILES string of the molecule is Cc1ccc(-c2ccsc2/C=N/NCC[C@@H]2CNC[C@H](C(=O)O)C2)cc1. The Morgan fingerprint density at radius 1 is 1.35 bits per heavy atom. The van der Waals surface area contributed by atoms with Gasteiger partial charge in [-0.05, 0) is 49.2 Å². The molecule has 1 fully saturated rings. The van der Waals surface area contributed by atoms with Crippen molar-refractivity contribution in [3.05, 3.63) is 46.2 Å². The van der Waals surface area contributed by atoms with E-state index in [0.717, 1.165) is 30.8 Å². The molecule has 0 saturated carbocycles. The summed E-state index contributed by atoms with van der Waals surface area (Å²) >= 11 is 1.67. The summed E-state index contributed by atoms with van der Waals surface area (Å²) in [7, 11) is 0. The Hall–Kier alpha value is -2.18. The fraction of sp³-hybridized carbons (Fsp3) is 0.400. The van der Waals surface area contributed by atoms with Crippen LogP contribution in [0.1, 0.15) is 23.3 Å². The first-order valence-electron chi connectivity index (χ1n) is 8.97. The molecule has 5 nitrogen and oxygen atoms in total. The van der Waals surface area contributed by atoms with Crippen molar-refractivity contribution in [2.24, 2.45) is 16.9 Å². The lowest BCUT2D eigenvalue weighted by Crippen LogP contribution is -2.40. The molecular formula is C20H25N3O2S. The maximum absolute atomic E-state index is 11.1. The van der Waals surface area contributed by atoms with Gasteiger partial charge in [0.15, 0.2) is 0 Å². The highest BCUT2D eigenvalue weighted by molar-refractivity contribution is 7.12. The van der Waals surface area contributed by atoms with Gasteiger partial charge in [-0.1, -0.05) is 29.8 Å². The number of carbonyl (C=O) groups is 1. The van der Waals surface area contributed by atoms with Gasteiger partial charge in [-0.3, -0.25) is 4.79 Å². The van der Waals surface area contributed by atoms with Gasteiger partial charge in [0.05, 0.1) is 17.0 Å². The Labute approximate surface area is 158 Å². The maximum Gasteiger partial charge on any atom is 0.307 e. The molecule has 1 saturated heterocycles. The highest BCUT2D eigenvalue weighted by atomic mass is 32.1. The molecule has 1 aliphatic heterocycles. The molecule has 26 heavy (non-hydrogen) atoms. The zero-order chi connectivity index (χ0) is 18.4. The highest BCUT2D eigenvalue weighted by Crippen LogP contribution is 2.27. The molecule has 138 valence electrons. The molecule has 2 heterocycles. The van der Waals surface area contributed by atoms with Crippen LogP contribution in [0.4, 0.5) is 0 Å². The minimum atomic E-state index is -0.700. The zero-order valence-corrected chi connectivity index (χ0v) is 15.8. The molecule has 1 aromatic heterocycles. The Morgan fingerprint density at radius 2 is 2.15 bits per heavy atom. The number of carboxylic acid groups (broad SMARTS) is 1. The second kappa shape index (κ2) is 8.96. The van der Waals surface area contributed by atoms with Crippen LogP contribution in [0.15, 0.2) is 40.8 Å². The van der Waals surface area contributed by atoms with Gasteiger partial charge in [-0.25, -0.2) is 0 Å². The van der Waals surface area contributed by atoms with E-state index >= 15 is 0 Å². The number of nitrogens with zero attached hydrogens (tertiary/aromatic N) is 1. The first kappa shape index (κ1) is 18.6. The molecule has 1 aromatic carbocycles. The van der Waals surface area contributed by atoms with Gasteiger partial charge in [0.1, 0.15) is 0 Å². The zero-order valence-electron chi connectivity index (χ0n) is 14.9. The summed E-state index contributed by atoms with van der Waals surface area (Å²) in [6.07, 6.45) is 3.54. The number of rotatable bonds is 7. The van der Waals surface area contributed by atoms with E-state index in [0.29, 0.717) is 12.5 Å². The fourth-order valence-electron chi connectivity index (χ4n) is 3.27. The van der Waals surface area contributed by atoms with E-state index in [-0.39, 0.29) is 5.92 Å². The lowest BCUT2D eigenvalue weighted by molar-refractivity contribution is -0.142. The molecule has 0 radical (unpaired) electrons. The molecule has 0 aliphatic carbocycles. The number of benzene rings is 1. The van der Waals surface area contributed by atoms with Crippen molar-refractivity contribution in [1.82, 2.24) is 10.7 Å². The van der Waals surface area contributed by atoms with Crippen LogP contribution in [0.3, 0.4) is 0 Å². The average molecular weight is 372 g/mol. The summed E-state index contributed by atoms with van der Waals surface area (Å²) in [6, 6.07) is 10.6. The fourth-order valence-corrected chi connectivity index (χ4v) is 4.05. The highest BCUT2D eigenvalue weighted by Gasteiger charge is 2.26. The average Bonchev–Trinajstić information content (AvgIpc) is 3.11. The third kappa shape index (κ3) is 4.93. The third-order valence-electron chi connectivity index (χ3n) is 4.79. The van der Waals surface area contributed by atoms with Crippen LogP contribution in [0.5, 0.6) is 0 Å². The summed E-state index contributed by atoms with van der Waals surface area (Å²) in [5.74, 6) is -0.577. The van der Waals surface area contributed by atoms with E-state index < -0.39 is 5.97 Å². The smallest absolute Gasteiger partial charge is 0.307 e. The van der Waals surface area contributed by atoms with E-state index in [9.17, 15) is 4.79 Å². The monoisotopic (exact) mass is 371 g/mol. The van der Waals surface area contributed by atoms with Gasteiger partial charge in [-0.15, -0.1) is 11.3 Å². The van der Waals surface area contributed by atoms with Crippen molar-refractivity contribution < 1.29 is 9.90 Å². The quantitative estimate of drug-likeness (QED) is 0.396. The third-order valence-corrected chi connectivity index (χ3v) is 5.64. The predicted octanol–water partition coefficient (Wildman–Crippen LogP) is 3.35. The number of hydrogen-bond donors (Lipinski definition) is 3. The molecule has 2 atom stereocenters. The molecule has 3 N–H and O–H groups in total. The van der Waals surface area contributed by atoms with Crippen molar-refractivity contribution in [2.45, 2.75) is 19.8 Å². The largest absolute Gasteiger partial charge is 0.481 e. The first-order valence-corrected chi connectivity index (χ1v) is 9.85. The predicted molar refractivity (Wildman–Crippen MR) is 107 cm³/mol. The number of carboxylic acids is 1. The summed E-state index contributed by atoms with van der Waals surface area (Å²) in [4.78, 5) is 12.2. The van der Waals surface area contributed by atoms with E-state index in [1.165, 1.54) is 16.7 Å². The summed E-state index contributed by atoms with van der Waals surface area (Å²) in [5, 5.41) is 18.8. The number of hydrogen-bond acceptors (Lipinski definition) is 5. The number of nitrogens with one attached hydrogen (secondary N) is 2. The van der Waals surface area contributed by atoms with Gasteiger partial charge in [0.25, 0.3) is 0 Å². The minimum absolute atomic E-state index is 0.263. The number of thiophene rings is 1. The second-order valence-corrected chi connectivity index (χ2v) is 7.76. The van der Waals surface area contributed by atoms with Crippen LogP contribution in [0.25, 0.3) is 11.1 Å². The molecule has 3 rings (SSSR count). The van der Waals surface area contributed by atoms with Crippen LogP contribution < -0.4 is 10.7 Å². The van der Waals surface area contributed by atoms with Crippen molar-refractivity contribution in [3.8, 4) is 11.1 Å². The van der Waals surface area contributed by atoms with Crippen LogP contribution in [0, 0.1) is 18.8 Å². The molecule has 1 aliphatic rings. The van der Waals surface area contributed by atoms with Crippen molar-refractivity contribution in [2.75, 3.05) is 19.6 Å². The number of hydrazone groups is 1. The lowest BCUT2D eigenvalue weighted by Gasteiger charge is -2.27. The molecular weight excluding hydrogens is 346 g/mol. The number of piperidine rings is 1. The Kier molecular flexibility index (Phi) is 6.41. The van der Waals surface area contributed by atoms with E-state index in [1.54, 1.807) is 11.3 Å². The van der Waals surface area contributed by atoms with Crippen LogP contribution in [0.2, 0.25) is 0 Å². The van der Waals surface area contributed by atoms with Crippen LogP contribution >= 0.6 is 11.3 Å². The van der Waals surface area contributed by atoms with Crippen molar-refractivity contribution >= 4 is 23.5 Å². The van der Waals surface area contributed by atoms with Gasteiger partial charge in [-0.2, -0.15) is 5.10 Å². The molecule has 0 bridgehead atoms. The Morgan fingerprint density at radius 3 is 2.92 bits per heavy atom. The molecule has 2 aromatic rings. The molecule has 6 heteroatoms. The molecule has 0 amide bonds. The van der Waals surface area contributed by atoms with E-state index in [4.69, 9.17) is 5.11 Å². The standard InChI is InChI=1S/C20H25N3O2S/c1-14-2-4-16(5-3-14)18-7-9-26-19(18)13-23-22-8-6-15-10-17(20(24)25)12-21-11-15/h2-5,7,9,13,15,17,21-22H,6,8,10-12H2,1H3,(H,24,25)/b23-13+/t15-,17+/m0/s1. The normalized spacial score (nSPS) is 20.3. The van der Waals surface area contributed by atoms with Gasteiger partial charge >= 0.3 is 5.97 Å². The number of aliphatic carboxylic acids is 1. The van der Waals surface area contributed by atoms with Crippen molar-refractivity contribution in [3.63, 3.8) is 0 Å². The summed E-state index contributed by atoms with van der Waals surface area (Å²) < 4.78 is 0. The van der Waals surface area contributed by atoms with Gasteiger partial charge in [0.2, 0.25) is 0 Å². The number of aryl methyl sites for hydroxylation is 1.